The number of nitrogens with zero attached hydrogens (tertiary/aromatic N) is 1. The van der Waals surface area contributed by atoms with E-state index < -0.39 is 5.60 Å². The third kappa shape index (κ3) is 2.57. The van der Waals surface area contributed by atoms with Crippen molar-refractivity contribution in [2.24, 2.45) is 5.41 Å². The van der Waals surface area contributed by atoms with Gasteiger partial charge in [0.2, 0.25) is 0 Å². The first-order valence-corrected chi connectivity index (χ1v) is 6.49. The lowest BCUT2D eigenvalue weighted by Crippen LogP contribution is -2.52. The number of amides is 2. The smallest absolute Gasteiger partial charge is 0.318 e. The van der Waals surface area contributed by atoms with Crippen LogP contribution in [0.15, 0.2) is 0 Å². The fourth-order valence-corrected chi connectivity index (χ4v) is 3.74. The molecule has 4 heteroatoms. The Morgan fingerprint density at radius 2 is 2.00 bits per heavy atom. The van der Waals surface area contributed by atoms with Gasteiger partial charge in [-0.2, -0.15) is 0 Å². The summed E-state index contributed by atoms with van der Waals surface area (Å²) in [7, 11) is 0. The molecule has 2 N–H and O–H groups in total. The van der Waals surface area contributed by atoms with E-state index in [0.29, 0.717) is 6.42 Å². The monoisotopic (exact) mass is 240 g/mol. The van der Waals surface area contributed by atoms with Gasteiger partial charge in [-0.05, 0) is 38.5 Å². The molecule has 0 aromatic heterocycles. The third-order valence-corrected chi connectivity index (χ3v) is 3.97. The van der Waals surface area contributed by atoms with Crippen molar-refractivity contribution >= 4 is 6.03 Å². The predicted octanol–water partition coefficient (Wildman–Crippen LogP) is 1.73. The number of hydrogen-bond donors (Lipinski definition) is 2. The van der Waals surface area contributed by atoms with Crippen molar-refractivity contribution in [2.75, 3.05) is 6.54 Å². The van der Waals surface area contributed by atoms with Crippen LogP contribution in [0.2, 0.25) is 0 Å². The zero-order chi connectivity index (χ0) is 12.8. The minimum absolute atomic E-state index is 0.0241. The first-order chi connectivity index (χ1) is 7.70. The Hall–Kier alpha value is -0.770. The van der Waals surface area contributed by atoms with Gasteiger partial charge in [-0.3, -0.25) is 0 Å². The van der Waals surface area contributed by atoms with Crippen molar-refractivity contribution < 1.29 is 9.90 Å². The Morgan fingerprint density at radius 3 is 2.47 bits per heavy atom. The van der Waals surface area contributed by atoms with Gasteiger partial charge >= 0.3 is 6.03 Å². The van der Waals surface area contributed by atoms with Crippen molar-refractivity contribution in [1.29, 1.82) is 0 Å². The van der Waals surface area contributed by atoms with Crippen LogP contribution in [0, 0.1) is 5.41 Å². The number of aliphatic hydroxyl groups is 1. The summed E-state index contributed by atoms with van der Waals surface area (Å²) in [5.74, 6) is 0. The summed E-state index contributed by atoms with van der Waals surface area (Å²) >= 11 is 0. The van der Waals surface area contributed by atoms with E-state index in [0.717, 1.165) is 19.4 Å². The van der Waals surface area contributed by atoms with Crippen molar-refractivity contribution in [3.8, 4) is 0 Å². The van der Waals surface area contributed by atoms with E-state index in [9.17, 15) is 9.90 Å². The summed E-state index contributed by atoms with van der Waals surface area (Å²) in [6.45, 7) is 9.02. The molecular weight excluding hydrogens is 216 g/mol. The van der Waals surface area contributed by atoms with Crippen molar-refractivity contribution in [1.82, 2.24) is 10.2 Å². The second-order valence-corrected chi connectivity index (χ2v) is 6.84. The maximum absolute atomic E-state index is 11.8. The van der Waals surface area contributed by atoms with Crippen LogP contribution >= 0.6 is 0 Å². The molecule has 0 aromatic carbocycles. The molecule has 1 saturated carbocycles. The SMILES string of the molecule is CC1CNC(=O)N1C1CC(C)(C)CC(C)(O)C1. The van der Waals surface area contributed by atoms with Crippen LogP contribution in [0.3, 0.4) is 0 Å². The van der Waals surface area contributed by atoms with Crippen LogP contribution in [0.5, 0.6) is 0 Å². The van der Waals surface area contributed by atoms with E-state index in [-0.39, 0.29) is 23.5 Å². The molecule has 0 spiro atoms. The standard InChI is InChI=1S/C13H24N2O2/c1-9-7-14-11(16)15(9)10-5-12(2,3)8-13(4,17)6-10/h9-10,17H,5-8H2,1-4H3,(H,14,16). The van der Waals surface area contributed by atoms with E-state index in [1.165, 1.54) is 0 Å². The average molecular weight is 240 g/mol. The van der Waals surface area contributed by atoms with E-state index in [4.69, 9.17) is 0 Å². The minimum Gasteiger partial charge on any atom is -0.390 e. The first-order valence-electron chi connectivity index (χ1n) is 6.49. The van der Waals surface area contributed by atoms with Gasteiger partial charge in [0.1, 0.15) is 0 Å². The Balaban J connectivity index is 2.18. The van der Waals surface area contributed by atoms with Crippen molar-refractivity contribution in [2.45, 2.75) is 64.6 Å². The Kier molecular flexibility index (Phi) is 2.89. The highest BCUT2D eigenvalue weighted by Gasteiger charge is 2.45. The lowest BCUT2D eigenvalue weighted by atomic mass is 9.68. The first kappa shape index (κ1) is 12.7. The lowest BCUT2D eigenvalue weighted by molar-refractivity contribution is -0.0552. The summed E-state index contributed by atoms with van der Waals surface area (Å²) in [5.41, 5.74) is -0.565. The normalized spacial score (nSPS) is 41.5. The van der Waals surface area contributed by atoms with Gasteiger partial charge < -0.3 is 15.3 Å². The van der Waals surface area contributed by atoms with Crippen molar-refractivity contribution in [3.05, 3.63) is 0 Å². The number of nitrogens with one attached hydrogen (secondary N) is 1. The van der Waals surface area contributed by atoms with Gasteiger partial charge in [-0.15, -0.1) is 0 Å². The van der Waals surface area contributed by atoms with Crippen LogP contribution in [0.25, 0.3) is 0 Å². The van der Waals surface area contributed by atoms with Crippen LogP contribution in [-0.4, -0.2) is 40.3 Å². The molecule has 1 saturated heterocycles. The largest absolute Gasteiger partial charge is 0.390 e. The molecule has 0 radical (unpaired) electrons. The zero-order valence-corrected chi connectivity index (χ0v) is 11.3. The van der Waals surface area contributed by atoms with Crippen LogP contribution < -0.4 is 5.32 Å². The van der Waals surface area contributed by atoms with Crippen LogP contribution in [0.1, 0.15) is 47.0 Å². The molecule has 2 aliphatic rings. The predicted molar refractivity (Wildman–Crippen MR) is 66.7 cm³/mol. The quantitative estimate of drug-likeness (QED) is 0.733. The van der Waals surface area contributed by atoms with Crippen LogP contribution in [0.4, 0.5) is 4.79 Å². The van der Waals surface area contributed by atoms with E-state index in [1.807, 2.05) is 11.8 Å². The van der Waals surface area contributed by atoms with Gasteiger partial charge in [0, 0.05) is 18.6 Å². The van der Waals surface area contributed by atoms with Crippen LogP contribution in [-0.2, 0) is 0 Å². The molecule has 0 bridgehead atoms. The molecule has 1 heterocycles. The van der Waals surface area contributed by atoms with Gasteiger partial charge in [-0.1, -0.05) is 13.8 Å². The molecule has 2 fully saturated rings. The summed E-state index contributed by atoms with van der Waals surface area (Å²) < 4.78 is 0. The molecule has 1 aliphatic heterocycles. The molecule has 4 nitrogen and oxygen atoms in total. The Morgan fingerprint density at radius 1 is 1.35 bits per heavy atom. The molecule has 3 atom stereocenters. The molecule has 2 rings (SSSR count). The number of carbonyl (C=O) groups excluding carboxylic acids is 1. The maximum atomic E-state index is 11.8. The molecule has 0 aromatic rings. The molecule has 98 valence electrons. The topological polar surface area (TPSA) is 52.6 Å². The molecule has 1 aliphatic carbocycles. The second-order valence-electron chi connectivity index (χ2n) is 6.84. The Bertz CT molecular complexity index is 309. The van der Waals surface area contributed by atoms with Gasteiger partial charge in [-0.25, -0.2) is 4.79 Å². The van der Waals surface area contributed by atoms with E-state index in [2.05, 4.69) is 26.1 Å². The fraction of sp³-hybridized carbons (Fsp3) is 0.923. The van der Waals surface area contributed by atoms with Gasteiger partial charge in [0.15, 0.2) is 0 Å². The number of urea groups is 1. The number of hydrogen-bond acceptors (Lipinski definition) is 2. The number of rotatable bonds is 1. The van der Waals surface area contributed by atoms with Crippen molar-refractivity contribution in [3.63, 3.8) is 0 Å². The van der Waals surface area contributed by atoms with Gasteiger partial charge in [0.05, 0.1) is 5.60 Å². The maximum Gasteiger partial charge on any atom is 0.318 e. The summed E-state index contributed by atoms with van der Waals surface area (Å²) in [5, 5.41) is 13.2. The number of carbonyl (C=O) groups is 1. The highest BCUT2D eigenvalue weighted by Crippen LogP contribution is 2.43. The summed E-state index contributed by atoms with van der Waals surface area (Å²) in [4.78, 5) is 13.8. The third-order valence-electron chi connectivity index (χ3n) is 3.97. The van der Waals surface area contributed by atoms with E-state index in [1.54, 1.807) is 0 Å². The van der Waals surface area contributed by atoms with E-state index >= 15 is 0 Å². The minimum atomic E-state index is -0.658. The Labute approximate surface area is 103 Å². The second kappa shape index (κ2) is 3.87. The zero-order valence-electron chi connectivity index (χ0n) is 11.3. The highest BCUT2D eigenvalue weighted by atomic mass is 16.3. The molecule has 17 heavy (non-hydrogen) atoms. The average Bonchev–Trinajstić information content (AvgIpc) is 2.40. The molecular formula is C13H24N2O2. The summed E-state index contributed by atoms with van der Waals surface area (Å²) in [6.07, 6.45) is 2.47. The van der Waals surface area contributed by atoms with Gasteiger partial charge in [0.25, 0.3) is 0 Å². The highest BCUT2D eigenvalue weighted by molar-refractivity contribution is 5.77. The summed E-state index contributed by atoms with van der Waals surface area (Å²) in [6, 6.07) is 0.416. The molecule has 3 unspecified atom stereocenters. The fourth-order valence-electron chi connectivity index (χ4n) is 3.74. The molecule has 2 amide bonds. The lowest BCUT2D eigenvalue weighted by Gasteiger charge is -2.47.